The fourth-order valence-corrected chi connectivity index (χ4v) is 2.02. The number of rotatable bonds is 3. The Hall–Kier alpha value is -1.10. The van der Waals surface area contributed by atoms with E-state index in [0.29, 0.717) is 6.54 Å². The van der Waals surface area contributed by atoms with Gasteiger partial charge in [0.25, 0.3) is 0 Å². The summed E-state index contributed by atoms with van der Waals surface area (Å²) in [5, 5.41) is 0. The van der Waals surface area contributed by atoms with E-state index in [2.05, 4.69) is 17.0 Å². The van der Waals surface area contributed by atoms with Crippen LogP contribution in [0.4, 0.5) is 5.69 Å². The lowest BCUT2D eigenvalue weighted by atomic mass is 10.0. The third kappa shape index (κ3) is 2.35. The van der Waals surface area contributed by atoms with Crippen molar-refractivity contribution in [3.05, 3.63) is 29.8 Å². The molecule has 88 valence electrons. The SMILES string of the molecule is NCC(N)c1ccccc1N1CCOCC1. The molecule has 0 spiro atoms. The maximum Gasteiger partial charge on any atom is 0.0642 e. The van der Waals surface area contributed by atoms with Gasteiger partial charge in [-0.2, -0.15) is 0 Å². The van der Waals surface area contributed by atoms with Crippen LogP contribution < -0.4 is 16.4 Å². The molecule has 0 amide bonds. The molecule has 0 aliphatic carbocycles. The molecule has 0 radical (unpaired) electrons. The van der Waals surface area contributed by atoms with Gasteiger partial charge in [0.15, 0.2) is 0 Å². The summed E-state index contributed by atoms with van der Waals surface area (Å²) >= 11 is 0. The Morgan fingerprint density at radius 3 is 2.62 bits per heavy atom. The van der Waals surface area contributed by atoms with E-state index in [9.17, 15) is 0 Å². The largest absolute Gasteiger partial charge is 0.378 e. The Balaban J connectivity index is 2.24. The van der Waals surface area contributed by atoms with Gasteiger partial charge in [-0.1, -0.05) is 18.2 Å². The van der Waals surface area contributed by atoms with Crippen LogP contribution in [0.2, 0.25) is 0 Å². The topological polar surface area (TPSA) is 64.5 Å². The highest BCUT2D eigenvalue weighted by molar-refractivity contribution is 5.55. The van der Waals surface area contributed by atoms with Crippen molar-refractivity contribution in [3.63, 3.8) is 0 Å². The van der Waals surface area contributed by atoms with Gasteiger partial charge in [0.05, 0.1) is 13.2 Å². The number of hydrogen-bond donors (Lipinski definition) is 2. The summed E-state index contributed by atoms with van der Waals surface area (Å²) in [4.78, 5) is 2.31. The molecule has 16 heavy (non-hydrogen) atoms. The second-order valence-corrected chi connectivity index (χ2v) is 4.00. The Kier molecular flexibility index (Phi) is 3.77. The Labute approximate surface area is 96.2 Å². The van der Waals surface area contributed by atoms with Gasteiger partial charge in [0.1, 0.15) is 0 Å². The highest BCUT2D eigenvalue weighted by atomic mass is 16.5. The predicted octanol–water partition coefficient (Wildman–Crippen LogP) is 0.482. The van der Waals surface area contributed by atoms with E-state index < -0.39 is 0 Å². The molecule has 2 rings (SSSR count). The molecule has 4 heteroatoms. The third-order valence-electron chi connectivity index (χ3n) is 2.94. The first-order valence-corrected chi connectivity index (χ1v) is 5.70. The summed E-state index contributed by atoms with van der Waals surface area (Å²) in [5.41, 5.74) is 14.0. The van der Waals surface area contributed by atoms with E-state index in [1.54, 1.807) is 0 Å². The van der Waals surface area contributed by atoms with E-state index >= 15 is 0 Å². The van der Waals surface area contributed by atoms with Gasteiger partial charge in [-0.05, 0) is 11.6 Å². The van der Waals surface area contributed by atoms with E-state index in [1.807, 2.05) is 12.1 Å². The number of para-hydroxylation sites is 1. The molecule has 1 atom stereocenters. The predicted molar refractivity (Wildman–Crippen MR) is 65.5 cm³/mol. The standard InChI is InChI=1S/C12H19N3O/c13-9-11(14)10-3-1-2-4-12(10)15-5-7-16-8-6-15/h1-4,11H,5-9,13-14H2. The summed E-state index contributed by atoms with van der Waals surface area (Å²) < 4.78 is 5.35. The minimum atomic E-state index is -0.0842. The van der Waals surface area contributed by atoms with Crippen molar-refractivity contribution in [3.8, 4) is 0 Å². The van der Waals surface area contributed by atoms with Crippen LogP contribution in [0, 0.1) is 0 Å². The zero-order valence-electron chi connectivity index (χ0n) is 9.43. The zero-order chi connectivity index (χ0) is 11.4. The number of hydrogen-bond acceptors (Lipinski definition) is 4. The number of benzene rings is 1. The zero-order valence-corrected chi connectivity index (χ0v) is 9.43. The fourth-order valence-electron chi connectivity index (χ4n) is 2.02. The molecule has 1 aromatic carbocycles. The smallest absolute Gasteiger partial charge is 0.0642 e. The van der Waals surface area contributed by atoms with Crippen LogP contribution in [0.1, 0.15) is 11.6 Å². The summed E-state index contributed by atoms with van der Waals surface area (Å²) in [7, 11) is 0. The van der Waals surface area contributed by atoms with Gasteiger partial charge in [-0.3, -0.25) is 0 Å². The first-order chi connectivity index (χ1) is 7.83. The number of anilines is 1. The maximum absolute atomic E-state index is 6.02. The van der Waals surface area contributed by atoms with E-state index in [1.165, 1.54) is 5.69 Å². The number of nitrogens with zero attached hydrogens (tertiary/aromatic N) is 1. The van der Waals surface area contributed by atoms with Gasteiger partial charge in [0.2, 0.25) is 0 Å². The number of nitrogens with two attached hydrogens (primary N) is 2. The molecule has 0 aromatic heterocycles. The van der Waals surface area contributed by atoms with Gasteiger partial charge in [-0.15, -0.1) is 0 Å². The molecule has 1 unspecified atom stereocenters. The Morgan fingerprint density at radius 1 is 1.25 bits per heavy atom. The molecule has 1 aromatic rings. The first kappa shape index (κ1) is 11.4. The Bertz CT molecular complexity index is 337. The normalized spacial score (nSPS) is 18.5. The maximum atomic E-state index is 6.02. The van der Waals surface area contributed by atoms with Gasteiger partial charge in [-0.25, -0.2) is 0 Å². The minimum Gasteiger partial charge on any atom is -0.378 e. The van der Waals surface area contributed by atoms with Crippen LogP contribution in [0.3, 0.4) is 0 Å². The van der Waals surface area contributed by atoms with E-state index in [4.69, 9.17) is 16.2 Å². The van der Waals surface area contributed by atoms with Crippen molar-refractivity contribution in [2.75, 3.05) is 37.7 Å². The highest BCUT2D eigenvalue weighted by Gasteiger charge is 2.16. The molecule has 0 bridgehead atoms. The van der Waals surface area contributed by atoms with Crippen molar-refractivity contribution in [2.24, 2.45) is 11.5 Å². The fraction of sp³-hybridized carbons (Fsp3) is 0.500. The van der Waals surface area contributed by atoms with Crippen LogP contribution in [-0.2, 0) is 4.74 Å². The summed E-state index contributed by atoms with van der Waals surface area (Å²) in [6, 6.07) is 8.13. The quantitative estimate of drug-likeness (QED) is 0.779. The van der Waals surface area contributed by atoms with Gasteiger partial charge < -0.3 is 21.1 Å². The third-order valence-corrected chi connectivity index (χ3v) is 2.94. The van der Waals surface area contributed by atoms with Crippen LogP contribution in [-0.4, -0.2) is 32.8 Å². The van der Waals surface area contributed by atoms with Crippen LogP contribution >= 0.6 is 0 Å². The molecule has 4 N–H and O–H groups in total. The lowest BCUT2D eigenvalue weighted by molar-refractivity contribution is 0.122. The van der Waals surface area contributed by atoms with Crippen molar-refractivity contribution in [2.45, 2.75) is 6.04 Å². The Morgan fingerprint density at radius 2 is 1.94 bits per heavy atom. The molecule has 1 aliphatic heterocycles. The average molecular weight is 221 g/mol. The second-order valence-electron chi connectivity index (χ2n) is 4.00. The summed E-state index contributed by atoms with van der Waals surface area (Å²) in [6.45, 7) is 3.89. The van der Waals surface area contributed by atoms with Crippen molar-refractivity contribution in [1.29, 1.82) is 0 Å². The monoisotopic (exact) mass is 221 g/mol. The lowest BCUT2D eigenvalue weighted by Crippen LogP contribution is -2.37. The highest BCUT2D eigenvalue weighted by Crippen LogP contribution is 2.25. The van der Waals surface area contributed by atoms with Crippen molar-refractivity contribution in [1.82, 2.24) is 0 Å². The molecular formula is C12H19N3O. The molecule has 1 heterocycles. The van der Waals surface area contributed by atoms with E-state index in [-0.39, 0.29) is 6.04 Å². The second kappa shape index (κ2) is 5.30. The van der Waals surface area contributed by atoms with Crippen LogP contribution in [0.15, 0.2) is 24.3 Å². The number of ether oxygens (including phenoxy) is 1. The molecule has 1 aliphatic rings. The van der Waals surface area contributed by atoms with Gasteiger partial charge >= 0.3 is 0 Å². The summed E-state index contributed by atoms with van der Waals surface area (Å²) in [5.74, 6) is 0. The van der Waals surface area contributed by atoms with Crippen LogP contribution in [0.25, 0.3) is 0 Å². The molecule has 4 nitrogen and oxygen atoms in total. The van der Waals surface area contributed by atoms with Crippen LogP contribution in [0.5, 0.6) is 0 Å². The molecule has 0 saturated carbocycles. The van der Waals surface area contributed by atoms with E-state index in [0.717, 1.165) is 31.9 Å². The number of morpholine rings is 1. The first-order valence-electron chi connectivity index (χ1n) is 5.70. The van der Waals surface area contributed by atoms with Gasteiger partial charge in [0, 0.05) is 31.4 Å². The average Bonchev–Trinajstić information content (AvgIpc) is 2.39. The molecule has 1 fully saturated rings. The minimum absolute atomic E-state index is 0.0842. The van der Waals surface area contributed by atoms with Crippen molar-refractivity contribution < 1.29 is 4.74 Å². The van der Waals surface area contributed by atoms with Crippen molar-refractivity contribution >= 4 is 5.69 Å². The summed E-state index contributed by atoms with van der Waals surface area (Å²) in [6.07, 6.45) is 0. The molecule has 1 saturated heterocycles. The lowest BCUT2D eigenvalue weighted by Gasteiger charge is -2.31. The molecular weight excluding hydrogens is 202 g/mol.